The first-order valence-corrected chi connectivity index (χ1v) is 5.20. The third-order valence-electron chi connectivity index (χ3n) is 1.66. The molecule has 2 nitrogen and oxygen atoms in total. The summed E-state index contributed by atoms with van der Waals surface area (Å²) >= 11 is 3.34. The fourth-order valence-corrected chi connectivity index (χ4v) is 0.947. The van der Waals surface area contributed by atoms with Crippen LogP contribution in [0, 0.1) is 0 Å². The molecule has 0 heterocycles. The summed E-state index contributed by atoms with van der Waals surface area (Å²) in [4.78, 5) is 13.1. The predicted molar refractivity (Wildman–Crippen MR) is 64.3 cm³/mol. The van der Waals surface area contributed by atoms with Gasteiger partial charge in [0.1, 0.15) is 0 Å². The molecule has 0 saturated heterocycles. The molecule has 0 aromatic carbocycles. The Hall–Kier alpha value is -0.830. The Balaban J connectivity index is 4.63. The van der Waals surface area contributed by atoms with Gasteiger partial charge in [-0.1, -0.05) is 28.1 Å². The summed E-state index contributed by atoms with van der Waals surface area (Å²) in [6.45, 7) is 3.78. The second-order valence-corrected chi connectivity index (χ2v) is 3.87. The molecule has 3 heteroatoms. The van der Waals surface area contributed by atoms with Crippen molar-refractivity contribution < 1.29 is 4.79 Å². The van der Waals surface area contributed by atoms with Crippen LogP contribution in [0.15, 0.2) is 34.4 Å². The number of allylic oxidation sites excluding steroid dienone is 4. The monoisotopic (exact) mass is 257 g/mol. The average Bonchev–Trinajstić information content (AvgIpc) is 2.17. The molecule has 0 bridgehead atoms. The van der Waals surface area contributed by atoms with Gasteiger partial charge in [0.15, 0.2) is 0 Å². The van der Waals surface area contributed by atoms with Crippen LogP contribution in [-0.4, -0.2) is 24.9 Å². The maximum absolute atomic E-state index is 11.5. The molecule has 14 heavy (non-hydrogen) atoms. The van der Waals surface area contributed by atoms with E-state index in [1.165, 1.54) is 0 Å². The van der Waals surface area contributed by atoms with E-state index in [0.29, 0.717) is 5.57 Å². The summed E-state index contributed by atoms with van der Waals surface area (Å²) in [6.07, 6.45) is 7.38. The standard InChI is InChI=1S/C11H16BrNO/c1-5-9(11(14)13(3)4)7-8-10(12)6-2/h5-8H,1-4H3/b8-7-,9-5+,10-6+. The number of rotatable bonds is 3. The number of carbonyl (C=O) groups is 1. The molecule has 0 saturated carbocycles. The zero-order valence-electron chi connectivity index (χ0n) is 9.04. The van der Waals surface area contributed by atoms with Crippen molar-refractivity contribution >= 4 is 21.8 Å². The van der Waals surface area contributed by atoms with Crippen LogP contribution in [-0.2, 0) is 4.79 Å². The summed E-state index contributed by atoms with van der Waals surface area (Å²) in [5.74, 6) is 0.0140. The van der Waals surface area contributed by atoms with Crippen molar-refractivity contribution in [3.8, 4) is 0 Å². The molecular weight excluding hydrogens is 242 g/mol. The SMILES string of the molecule is C\C=C(Br)/C=C\C(=C/C)C(=O)N(C)C. The number of halogens is 1. The van der Waals surface area contributed by atoms with Crippen LogP contribution in [0.4, 0.5) is 0 Å². The molecule has 0 aromatic rings. The lowest BCUT2D eigenvalue weighted by Crippen LogP contribution is -2.22. The Bertz CT molecular complexity index is 288. The minimum Gasteiger partial charge on any atom is -0.345 e. The zero-order valence-corrected chi connectivity index (χ0v) is 10.6. The molecule has 0 unspecified atom stereocenters. The van der Waals surface area contributed by atoms with Crippen molar-refractivity contribution in [1.29, 1.82) is 0 Å². The lowest BCUT2D eigenvalue weighted by Gasteiger charge is -2.10. The van der Waals surface area contributed by atoms with Gasteiger partial charge in [-0.15, -0.1) is 0 Å². The first-order valence-electron chi connectivity index (χ1n) is 4.40. The first kappa shape index (κ1) is 13.2. The molecular formula is C11H16BrNO. The summed E-state index contributed by atoms with van der Waals surface area (Å²) in [5.41, 5.74) is 0.689. The molecule has 0 atom stereocenters. The van der Waals surface area contributed by atoms with E-state index in [-0.39, 0.29) is 5.91 Å². The van der Waals surface area contributed by atoms with E-state index in [9.17, 15) is 4.79 Å². The van der Waals surface area contributed by atoms with E-state index in [1.807, 2.05) is 26.0 Å². The molecule has 78 valence electrons. The van der Waals surface area contributed by atoms with E-state index >= 15 is 0 Å². The molecule has 0 radical (unpaired) electrons. The maximum Gasteiger partial charge on any atom is 0.252 e. The molecule has 0 aliphatic rings. The van der Waals surface area contributed by atoms with Crippen LogP contribution in [0.3, 0.4) is 0 Å². The highest BCUT2D eigenvalue weighted by Crippen LogP contribution is 2.09. The Morgan fingerprint density at radius 1 is 1.14 bits per heavy atom. The minimum absolute atomic E-state index is 0.0140. The van der Waals surface area contributed by atoms with Crippen LogP contribution >= 0.6 is 15.9 Å². The van der Waals surface area contributed by atoms with Gasteiger partial charge in [-0.25, -0.2) is 0 Å². The van der Waals surface area contributed by atoms with Gasteiger partial charge in [0.2, 0.25) is 0 Å². The fourth-order valence-electron chi connectivity index (χ4n) is 0.815. The molecule has 0 aromatic heterocycles. The Kier molecular flexibility index (Phi) is 6.21. The predicted octanol–water partition coefficient (Wildman–Crippen LogP) is 2.88. The molecule has 0 spiro atoms. The van der Waals surface area contributed by atoms with Crippen LogP contribution < -0.4 is 0 Å². The van der Waals surface area contributed by atoms with Gasteiger partial charge in [-0.05, 0) is 26.0 Å². The number of carbonyl (C=O) groups excluding carboxylic acids is 1. The molecule has 0 aliphatic heterocycles. The lowest BCUT2D eigenvalue weighted by molar-refractivity contribution is -0.124. The van der Waals surface area contributed by atoms with Gasteiger partial charge in [0.25, 0.3) is 5.91 Å². The normalized spacial score (nSPS) is 13.5. The topological polar surface area (TPSA) is 20.3 Å². The Labute approximate surface area is 94.1 Å². The smallest absolute Gasteiger partial charge is 0.252 e. The van der Waals surface area contributed by atoms with Crippen LogP contribution in [0.5, 0.6) is 0 Å². The average molecular weight is 258 g/mol. The fraction of sp³-hybridized carbons (Fsp3) is 0.364. The summed E-state index contributed by atoms with van der Waals surface area (Å²) in [6, 6.07) is 0. The van der Waals surface area contributed by atoms with E-state index in [1.54, 1.807) is 31.1 Å². The van der Waals surface area contributed by atoms with Crippen LogP contribution in [0.2, 0.25) is 0 Å². The second-order valence-electron chi connectivity index (χ2n) is 2.95. The van der Waals surface area contributed by atoms with Gasteiger partial charge < -0.3 is 4.90 Å². The molecule has 1 amide bonds. The van der Waals surface area contributed by atoms with Crippen LogP contribution in [0.1, 0.15) is 13.8 Å². The van der Waals surface area contributed by atoms with Crippen molar-refractivity contribution in [1.82, 2.24) is 4.90 Å². The van der Waals surface area contributed by atoms with Crippen molar-refractivity contribution in [3.05, 3.63) is 34.4 Å². The molecule has 0 aliphatic carbocycles. The van der Waals surface area contributed by atoms with Gasteiger partial charge in [-0.2, -0.15) is 0 Å². The molecule has 0 N–H and O–H groups in total. The molecule has 0 rings (SSSR count). The van der Waals surface area contributed by atoms with Crippen molar-refractivity contribution in [2.45, 2.75) is 13.8 Å². The third kappa shape index (κ3) is 4.42. The summed E-state index contributed by atoms with van der Waals surface area (Å²) < 4.78 is 0.961. The number of nitrogens with zero attached hydrogens (tertiary/aromatic N) is 1. The van der Waals surface area contributed by atoms with Crippen molar-refractivity contribution in [2.24, 2.45) is 0 Å². The van der Waals surface area contributed by atoms with Gasteiger partial charge in [0.05, 0.1) is 0 Å². The van der Waals surface area contributed by atoms with Crippen molar-refractivity contribution in [3.63, 3.8) is 0 Å². The van der Waals surface area contributed by atoms with E-state index in [0.717, 1.165) is 4.48 Å². The zero-order chi connectivity index (χ0) is 11.1. The van der Waals surface area contributed by atoms with E-state index < -0.39 is 0 Å². The van der Waals surface area contributed by atoms with Gasteiger partial charge in [0, 0.05) is 24.2 Å². The van der Waals surface area contributed by atoms with Crippen LogP contribution in [0.25, 0.3) is 0 Å². The minimum atomic E-state index is 0.0140. The third-order valence-corrected chi connectivity index (χ3v) is 2.38. The maximum atomic E-state index is 11.5. The molecule has 0 fully saturated rings. The quantitative estimate of drug-likeness (QED) is 0.563. The number of amides is 1. The first-order chi connectivity index (χ1) is 6.52. The van der Waals surface area contributed by atoms with Gasteiger partial charge in [-0.3, -0.25) is 4.79 Å². The highest BCUT2D eigenvalue weighted by Gasteiger charge is 2.06. The Morgan fingerprint density at radius 2 is 1.71 bits per heavy atom. The number of hydrogen-bond donors (Lipinski definition) is 0. The summed E-state index contributed by atoms with van der Waals surface area (Å²) in [5, 5.41) is 0. The largest absolute Gasteiger partial charge is 0.345 e. The lowest BCUT2D eigenvalue weighted by atomic mass is 10.2. The Morgan fingerprint density at radius 3 is 2.07 bits per heavy atom. The number of likely N-dealkylation sites (N-methyl/N-ethyl adjacent to an activating group) is 1. The second kappa shape index (κ2) is 6.60. The highest BCUT2D eigenvalue weighted by molar-refractivity contribution is 9.11. The summed E-state index contributed by atoms with van der Waals surface area (Å²) in [7, 11) is 3.48. The van der Waals surface area contributed by atoms with Crippen molar-refractivity contribution in [2.75, 3.05) is 14.1 Å². The van der Waals surface area contributed by atoms with Gasteiger partial charge >= 0.3 is 0 Å². The van der Waals surface area contributed by atoms with E-state index in [2.05, 4.69) is 15.9 Å². The van der Waals surface area contributed by atoms with E-state index in [4.69, 9.17) is 0 Å². The number of hydrogen-bond acceptors (Lipinski definition) is 1. The highest BCUT2D eigenvalue weighted by atomic mass is 79.9.